The molecule has 1 aliphatic carbocycles. The maximum atomic E-state index is 12.6. The highest BCUT2D eigenvalue weighted by molar-refractivity contribution is 7.18. The lowest BCUT2D eigenvalue weighted by atomic mass is 10.0. The second-order valence-electron chi connectivity index (χ2n) is 9.53. The van der Waals surface area contributed by atoms with E-state index in [4.69, 9.17) is 4.74 Å². The molecule has 0 saturated carbocycles. The number of benzene rings is 2. The third-order valence-electron chi connectivity index (χ3n) is 6.65. The summed E-state index contributed by atoms with van der Waals surface area (Å²) in [4.78, 5) is 20.6. The molecule has 0 spiro atoms. The predicted octanol–water partition coefficient (Wildman–Crippen LogP) is 5.34. The maximum Gasteiger partial charge on any atom is 0.234 e. The van der Waals surface area contributed by atoms with E-state index in [9.17, 15) is 10.1 Å². The predicted molar refractivity (Wildman–Crippen MR) is 138 cm³/mol. The van der Waals surface area contributed by atoms with Crippen LogP contribution in [0.25, 0.3) is 21.0 Å². The third kappa shape index (κ3) is 5.09. The number of likely N-dealkylation sites (tertiary alicyclic amines) is 1. The highest BCUT2D eigenvalue weighted by Gasteiger charge is 2.27. The molecule has 1 aromatic heterocycles. The zero-order chi connectivity index (χ0) is 24.4. The van der Waals surface area contributed by atoms with Gasteiger partial charge >= 0.3 is 0 Å². The maximum absolute atomic E-state index is 12.6. The molecular formula is C28H30N4O2S. The highest BCUT2D eigenvalue weighted by atomic mass is 32.1. The number of nitrogens with one attached hydrogen (secondary N) is 1. The minimum atomic E-state index is 0.00779. The van der Waals surface area contributed by atoms with Crippen LogP contribution in [0.5, 0.6) is 5.75 Å². The first kappa shape index (κ1) is 23.5. The Labute approximate surface area is 210 Å². The van der Waals surface area contributed by atoms with E-state index >= 15 is 0 Å². The van der Waals surface area contributed by atoms with Gasteiger partial charge in [-0.3, -0.25) is 9.69 Å². The zero-order valence-electron chi connectivity index (χ0n) is 20.2. The van der Waals surface area contributed by atoms with Gasteiger partial charge in [-0.05, 0) is 87.5 Å². The van der Waals surface area contributed by atoms with Crippen LogP contribution in [-0.4, -0.2) is 41.5 Å². The number of carbonyl (C=O) groups excluding carboxylic acids is 1. The van der Waals surface area contributed by atoms with Gasteiger partial charge in [-0.15, -0.1) is 11.3 Å². The van der Waals surface area contributed by atoms with Crippen LogP contribution in [0, 0.1) is 11.3 Å². The van der Waals surface area contributed by atoms with Crippen LogP contribution < -0.4 is 10.1 Å². The number of nitriles is 1. The number of amides is 1. The van der Waals surface area contributed by atoms with Gasteiger partial charge in [-0.1, -0.05) is 18.2 Å². The van der Waals surface area contributed by atoms with Gasteiger partial charge in [-0.2, -0.15) is 5.26 Å². The Hall–Kier alpha value is -3.21. The normalized spacial score (nSPS) is 17.4. The van der Waals surface area contributed by atoms with Gasteiger partial charge in [0.1, 0.15) is 16.8 Å². The Bertz CT molecular complexity index is 1270. The topological polar surface area (TPSA) is 78.2 Å². The zero-order valence-corrected chi connectivity index (χ0v) is 21.0. The number of thiazole rings is 1. The van der Waals surface area contributed by atoms with Gasteiger partial charge in [0.25, 0.3) is 0 Å². The summed E-state index contributed by atoms with van der Waals surface area (Å²) in [6.45, 7) is 6.44. The number of rotatable bonds is 7. The van der Waals surface area contributed by atoms with Crippen LogP contribution in [0.15, 0.2) is 42.6 Å². The summed E-state index contributed by atoms with van der Waals surface area (Å²) >= 11 is 1.63. The summed E-state index contributed by atoms with van der Waals surface area (Å²) in [5.74, 6) is 0.718. The fraction of sp³-hybridized carbons (Fsp3) is 0.393. The number of hydrogen-bond donors (Lipinski definition) is 1. The lowest BCUT2D eigenvalue weighted by molar-refractivity contribution is -0.122. The first-order valence-electron chi connectivity index (χ1n) is 12.3. The van der Waals surface area contributed by atoms with Gasteiger partial charge in [0.2, 0.25) is 5.91 Å². The Morgan fingerprint density at radius 2 is 2.11 bits per heavy atom. The molecule has 3 aromatic rings. The summed E-state index contributed by atoms with van der Waals surface area (Å²) in [5.41, 5.74) is 5.12. The lowest BCUT2D eigenvalue weighted by Crippen LogP contribution is -2.37. The molecule has 0 bridgehead atoms. The fourth-order valence-electron chi connectivity index (χ4n) is 5.06. The van der Waals surface area contributed by atoms with E-state index in [-0.39, 0.29) is 18.1 Å². The smallest absolute Gasteiger partial charge is 0.234 e. The van der Waals surface area contributed by atoms with E-state index in [2.05, 4.69) is 39.5 Å². The number of aromatic nitrogens is 1. The van der Waals surface area contributed by atoms with Gasteiger partial charge in [0.05, 0.1) is 29.1 Å². The fourth-order valence-corrected chi connectivity index (χ4v) is 6.02. The minimum Gasteiger partial charge on any atom is -0.490 e. The van der Waals surface area contributed by atoms with Crippen molar-refractivity contribution in [1.29, 1.82) is 5.26 Å². The molecule has 6 nitrogen and oxygen atoms in total. The van der Waals surface area contributed by atoms with Crippen molar-refractivity contribution in [1.82, 2.24) is 15.2 Å². The van der Waals surface area contributed by atoms with Gasteiger partial charge in [0.15, 0.2) is 0 Å². The quantitative estimate of drug-likeness (QED) is 0.488. The van der Waals surface area contributed by atoms with E-state index in [0.29, 0.717) is 17.9 Å². The molecule has 1 amide bonds. The molecule has 35 heavy (non-hydrogen) atoms. The molecule has 1 aliphatic heterocycles. The van der Waals surface area contributed by atoms with Crippen molar-refractivity contribution in [3.8, 4) is 32.8 Å². The summed E-state index contributed by atoms with van der Waals surface area (Å²) in [6.07, 6.45) is 6.16. The third-order valence-corrected chi connectivity index (χ3v) is 7.73. The highest BCUT2D eigenvalue weighted by Crippen LogP contribution is 2.41. The van der Waals surface area contributed by atoms with Crippen LogP contribution in [0.2, 0.25) is 0 Å². The van der Waals surface area contributed by atoms with E-state index < -0.39 is 0 Å². The number of nitrogens with zero attached hydrogens (tertiary/aromatic N) is 3. The first-order valence-corrected chi connectivity index (χ1v) is 13.1. The molecule has 0 radical (unpaired) electrons. The van der Waals surface area contributed by atoms with Crippen molar-refractivity contribution in [2.75, 3.05) is 19.6 Å². The molecule has 1 atom stereocenters. The Balaban J connectivity index is 1.35. The average molecular weight is 487 g/mol. The monoisotopic (exact) mass is 486 g/mol. The molecule has 2 aromatic carbocycles. The van der Waals surface area contributed by atoms with Crippen molar-refractivity contribution in [3.63, 3.8) is 0 Å². The van der Waals surface area contributed by atoms with Crippen LogP contribution in [-0.2, 0) is 11.2 Å². The van der Waals surface area contributed by atoms with E-state index in [1.165, 1.54) is 29.5 Å². The standard InChI is InChI=1S/C28H30N4O2S/c1-18(2)34-25-11-8-19(14-20(25)15-29)28-30-16-26(35-28)23-7-5-6-22-21(23)9-10-24(22)31-27(33)17-32-12-3-4-13-32/h5-8,11,14,16,18,24H,3-4,9-10,12-13,17H2,1-2H3,(H,31,33)/t24-/m0/s1. The van der Waals surface area contributed by atoms with Crippen molar-refractivity contribution in [2.45, 2.75) is 51.7 Å². The Kier molecular flexibility index (Phi) is 6.85. The van der Waals surface area contributed by atoms with E-state index in [0.717, 1.165) is 41.4 Å². The van der Waals surface area contributed by atoms with Crippen LogP contribution in [0.3, 0.4) is 0 Å². The number of carbonyl (C=O) groups is 1. The molecule has 2 heterocycles. The summed E-state index contributed by atoms with van der Waals surface area (Å²) < 4.78 is 5.75. The van der Waals surface area contributed by atoms with Crippen molar-refractivity contribution in [2.24, 2.45) is 0 Å². The summed E-state index contributed by atoms with van der Waals surface area (Å²) in [5, 5.41) is 13.7. The van der Waals surface area contributed by atoms with Gasteiger partial charge in [0, 0.05) is 11.8 Å². The molecule has 1 fully saturated rings. The molecule has 2 aliphatic rings. The average Bonchev–Trinajstić information content (AvgIpc) is 3.61. The second kappa shape index (κ2) is 10.2. The Morgan fingerprint density at radius 3 is 2.89 bits per heavy atom. The lowest BCUT2D eigenvalue weighted by Gasteiger charge is -2.18. The second-order valence-corrected chi connectivity index (χ2v) is 10.6. The largest absolute Gasteiger partial charge is 0.490 e. The molecule has 1 saturated heterocycles. The summed E-state index contributed by atoms with van der Waals surface area (Å²) in [6, 6.07) is 14.3. The van der Waals surface area contributed by atoms with Crippen LogP contribution in [0.4, 0.5) is 0 Å². The van der Waals surface area contributed by atoms with E-state index in [1.807, 2.05) is 38.2 Å². The van der Waals surface area contributed by atoms with Gasteiger partial charge < -0.3 is 10.1 Å². The summed E-state index contributed by atoms with van der Waals surface area (Å²) in [7, 11) is 0. The minimum absolute atomic E-state index is 0.00779. The molecule has 180 valence electrons. The molecule has 5 rings (SSSR count). The number of ether oxygens (including phenoxy) is 1. The molecule has 0 unspecified atom stereocenters. The first-order chi connectivity index (χ1) is 17.0. The van der Waals surface area contributed by atoms with E-state index in [1.54, 1.807) is 11.3 Å². The SMILES string of the molecule is CC(C)Oc1ccc(-c2ncc(-c3cccc4c3CC[C@@H]4NC(=O)CN3CCCC3)s2)cc1C#N. The van der Waals surface area contributed by atoms with Crippen molar-refractivity contribution >= 4 is 17.2 Å². The van der Waals surface area contributed by atoms with Crippen LogP contribution >= 0.6 is 11.3 Å². The Morgan fingerprint density at radius 1 is 1.29 bits per heavy atom. The van der Waals surface area contributed by atoms with Crippen molar-refractivity contribution < 1.29 is 9.53 Å². The number of fused-ring (bicyclic) bond motifs is 1. The van der Waals surface area contributed by atoms with Gasteiger partial charge in [-0.25, -0.2) is 4.98 Å². The molecule has 7 heteroatoms. The number of hydrogen-bond acceptors (Lipinski definition) is 6. The van der Waals surface area contributed by atoms with Crippen LogP contribution in [0.1, 0.15) is 55.8 Å². The molecule has 1 N–H and O–H groups in total. The molecular weight excluding hydrogens is 456 g/mol. The van der Waals surface area contributed by atoms with Crippen molar-refractivity contribution in [3.05, 3.63) is 59.3 Å².